The summed E-state index contributed by atoms with van der Waals surface area (Å²) >= 11 is 0. The highest BCUT2D eigenvalue weighted by Gasteiger charge is 2.47. The smallest absolute Gasteiger partial charge is 0.269 e. The van der Waals surface area contributed by atoms with E-state index in [1.165, 1.54) is 0 Å². The third-order valence-electron chi connectivity index (χ3n) is 2.65. The fourth-order valence-corrected chi connectivity index (χ4v) is 1.95. The van der Waals surface area contributed by atoms with Crippen LogP contribution in [-0.4, -0.2) is 11.0 Å². The van der Waals surface area contributed by atoms with E-state index < -0.39 is 0 Å². The Labute approximate surface area is 74.3 Å². The number of rotatable bonds is 1. The average molecular weight is 177 g/mol. The van der Waals surface area contributed by atoms with Gasteiger partial charge in [-0.2, -0.15) is 0 Å². The number of fused-ring (bicyclic) bond motifs is 3. The number of non-ortho nitro benzene ring substituents is 1. The second kappa shape index (κ2) is 2.09. The van der Waals surface area contributed by atoms with E-state index in [-0.39, 0.29) is 16.7 Å². The molecule has 0 spiro atoms. The third-order valence-corrected chi connectivity index (χ3v) is 2.65. The summed E-state index contributed by atoms with van der Waals surface area (Å²) in [4.78, 5) is 10.1. The van der Waals surface area contributed by atoms with E-state index in [2.05, 4.69) is 0 Å². The van der Waals surface area contributed by atoms with E-state index in [0.29, 0.717) is 6.10 Å². The van der Waals surface area contributed by atoms with Crippen molar-refractivity contribution >= 4 is 5.69 Å². The Morgan fingerprint density at radius 2 is 2.38 bits per heavy atom. The van der Waals surface area contributed by atoms with Crippen LogP contribution in [0.3, 0.4) is 0 Å². The van der Waals surface area contributed by atoms with Gasteiger partial charge in [0.1, 0.15) is 6.10 Å². The maximum Gasteiger partial charge on any atom is 0.269 e. The fourth-order valence-electron chi connectivity index (χ4n) is 1.95. The van der Waals surface area contributed by atoms with Gasteiger partial charge in [-0.15, -0.1) is 0 Å². The van der Waals surface area contributed by atoms with Gasteiger partial charge in [0, 0.05) is 18.6 Å². The van der Waals surface area contributed by atoms with Crippen molar-refractivity contribution in [3.05, 3.63) is 39.4 Å². The minimum absolute atomic E-state index is 0.181. The molecular weight excluding hydrogens is 170 g/mol. The average Bonchev–Trinajstić information content (AvgIpc) is 2.78. The van der Waals surface area contributed by atoms with Crippen LogP contribution in [0.25, 0.3) is 0 Å². The zero-order chi connectivity index (χ0) is 9.00. The Morgan fingerprint density at radius 3 is 3.15 bits per heavy atom. The van der Waals surface area contributed by atoms with Crippen molar-refractivity contribution in [3.63, 3.8) is 0 Å². The molecule has 2 atom stereocenters. The molecule has 0 aromatic heterocycles. The standard InChI is InChI=1S/C9H7NO3/c11-10(12)6-1-2-7-5(3-6)4-8-9(7)13-8/h1-3,8-9H,4H2. The third kappa shape index (κ3) is 0.890. The number of hydrogen-bond donors (Lipinski definition) is 0. The topological polar surface area (TPSA) is 55.7 Å². The minimum atomic E-state index is -0.356. The molecule has 13 heavy (non-hydrogen) atoms. The molecule has 2 aliphatic rings. The van der Waals surface area contributed by atoms with Crippen molar-refractivity contribution in [2.24, 2.45) is 0 Å². The number of nitrogens with zero attached hydrogens (tertiary/aromatic N) is 1. The number of nitro benzene ring substituents is 1. The van der Waals surface area contributed by atoms with E-state index in [9.17, 15) is 10.1 Å². The molecule has 0 N–H and O–H groups in total. The Bertz CT molecular complexity index is 402. The molecular formula is C9H7NO3. The van der Waals surface area contributed by atoms with Gasteiger partial charge in [-0.05, 0) is 17.2 Å². The molecule has 1 heterocycles. The summed E-state index contributed by atoms with van der Waals surface area (Å²) in [6, 6.07) is 5.01. The van der Waals surface area contributed by atoms with E-state index in [4.69, 9.17) is 4.74 Å². The zero-order valence-electron chi connectivity index (χ0n) is 6.77. The molecule has 1 aliphatic heterocycles. The highest BCUT2D eigenvalue weighted by molar-refractivity contribution is 5.46. The maximum absolute atomic E-state index is 10.5. The lowest BCUT2D eigenvalue weighted by atomic mass is 10.1. The van der Waals surface area contributed by atoms with Crippen molar-refractivity contribution < 1.29 is 9.66 Å². The van der Waals surface area contributed by atoms with Gasteiger partial charge in [0.25, 0.3) is 5.69 Å². The molecule has 66 valence electrons. The predicted octanol–water partition coefficient (Wildman–Crippen LogP) is 1.59. The van der Waals surface area contributed by atoms with Crippen LogP contribution >= 0.6 is 0 Å². The Kier molecular flexibility index (Phi) is 1.13. The van der Waals surface area contributed by atoms with Crippen molar-refractivity contribution in [2.45, 2.75) is 18.6 Å². The molecule has 0 radical (unpaired) electrons. The summed E-state index contributed by atoms with van der Waals surface area (Å²) in [5.74, 6) is 0. The second-order valence-corrected chi connectivity index (χ2v) is 3.44. The quantitative estimate of drug-likeness (QED) is 0.372. The largest absolute Gasteiger partial charge is 0.364 e. The molecule has 1 aromatic carbocycles. The van der Waals surface area contributed by atoms with Crippen LogP contribution in [0.2, 0.25) is 0 Å². The van der Waals surface area contributed by atoms with Gasteiger partial charge in [-0.1, -0.05) is 0 Å². The van der Waals surface area contributed by atoms with Crippen molar-refractivity contribution in [2.75, 3.05) is 0 Å². The van der Waals surface area contributed by atoms with E-state index in [1.54, 1.807) is 12.1 Å². The van der Waals surface area contributed by atoms with Crippen LogP contribution in [0.1, 0.15) is 17.2 Å². The molecule has 4 heteroatoms. The van der Waals surface area contributed by atoms with Crippen molar-refractivity contribution in [1.82, 2.24) is 0 Å². The van der Waals surface area contributed by atoms with Crippen molar-refractivity contribution in [1.29, 1.82) is 0 Å². The minimum Gasteiger partial charge on any atom is -0.364 e. The van der Waals surface area contributed by atoms with E-state index in [1.807, 2.05) is 6.07 Å². The highest BCUT2D eigenvalue weighted by atomic mass is 16.6. The normalized spacial score (nSPS) is 28.0. The molecule has 0 amide bonds. The van der Waals surface area contributed by atoms with Crippen LogP contribution in [0.4, 0.5) is 5.69 Å². The summed E-state index contributed by atoms with van der Waals surface area (Å²) in [5, 5.41) is 10.5. The molecule has 1 aromatic rings. The number of epoxide rings is 1. The molecule has 2 unspecified atom stereocenters. The number of nitro groups is 1. The first-order chi connectivity index (χ1) is 6.25. The number of ether oxygens (including phenoxy) is 1. The molecule has 3 rings (SSSR count). The summed E-state index contributed by atoms with van der Waals surface area (Å²) in [6.45, 7) is 0. The summed E-state index contributed by atoms with van der Waals surface area (Å²) in [7, 11) is 0. The molecule has 0 saturated carbocycles. The summed E-state index contributed by atoms with van der Waals surface area (Å²) in [5.41, 5.74) is 2.39. The predicted molar refractivity (Wildman–Crippen MR) is 44.4 cm³/mol. The van der Waals surface area contributed by atoms with Crippen LogP contribution in [0.15, 0.2) is 18.2 Å². The monoisotopic (exact) mass is 177 g/mol. The van der Waals surface area contributed by atoms with Crippen LogP contribution in [0.5, 0.6) is 0 Å². The zero-order valence-corrected chi connectivity index (χ0v) is 6.77. The second-order valence-electron chi connectivity index (χ2n) is 3.44. The van der Waals surface area contributed by atoms with Gasteiger partial charge in [0.05, 0.1) is 11.0 Å². The lowest BCUT2D eigenvalue weighted by Crippen LogP contribution is -1.93. The molecule has 4 nitrogen and oxygen atoms in total. The Balaban J connectivity index is 2.09. The molecule has 0 bridgehead atoms. The van der Waals surface area contributed by atoms with Gasteiger partial charge < -0.3 is 4.74 Å². The van der Waals surface area contributed by atoms with Gasteiger partial charge in [-0.25, -0.2) is 0 Å². The maximum atomic E-state index is 10.5. The first-order valence-electron chi connectivity index (χ1n) is 4.18. The van der Waals surface area contributed by atoms with Gasteiger partial charge in [-0.3, -0.25) is 10.1 Å². The van der Waals surface area contributed by atoms with Gasteiger partial charge in [0.2, 0.25) is 0 Å². The Hall–Kier alpha value is -1.42. The summed E-state index contributed by atoms with van der Waals surface area (Å²) < 4.78 is 5.31. The van der Waals surface area contributed by atoms with Crippen LogP contribution < -0.4 is 0 Å². The first kappa shape index (κ1) is 7.03. The van der Waals surface area contributed by atoms with Crippen LogP contribution in [-0.2, 0) is 11.2 Å². The SMILES string of the molecule is O=[N+]([O-])c1ccc2c(c1)CC1OC21. The molecule has 1 fully saturated rings. The van der Waals surface area contributed by atoms with Gasteiger partial charge in [0.15, 0.2) is 0 Å². The lowest BCUT2D eigenvalue weighted by Gasteiger charge is -2.00. The highest BCUT2D eigenvalue weighted by Crippen LogP contribution is 2.49. The van der Waals surface area contributed by atoms with Crippen molar-refractivity contribution in [3.8, 4) is 0 Å². The van der Waals surface area contributed by atoms with Gasteiger partial charge >= 0.3 is 0 Å². The lowest BCUT2D eigenvalue weighted by molar-refractivity contribution is -0.384. The number of benzene rings is 1. The van der Waals surface area contributed by atoms with E-state index >= 15 is 0 Å². The van der Waals surface area contributed by atoms with Crippen LogP contribution in [0, 0.1) is 10.1 Å². The van der Waals surface area contributed by atoms with E-state index in [0.717, 1.165) is 17.5 Å². The molecule has 1 aliphatic carbocycles. The first-order valence-corrected chi connectivity index (χ1v) is 4.18. The molecule has 1 saturated heterocycles. The Morgan fingerprint density at radius 1 is 1.54 bits per heavy atom. The number of hydrogen-bond acceptors (Lipinski definition) is 3. The summed E-state index contributed by atoms with van der Waals surface area (Å²) in [6.07, 6.45) is 1.37. The fraction of sp³-hybridized carbons (Fsp3) is 0.333.